The van der Waals surface area contributed by atoms with E-state index in [1.807, 2.05) is 0 Å². The molecule has 112 valence electrons. The van der Waals surface area contributed by atoms with E-state index in [0.717, 1.165) is 25.9 Å². The van der Waals surface area contributed by atoms with Crippen molar-refractivity contribution in [2.75, 3.05) is 24.5 Å². The predicted molar refractivity (Wildman–Crippen MR) is 78.2 cm³/mol. The molecule has 0 radical (unpaired) electrons. The molecule has 1 saturated heterocycles. The van der Waals surface area contributed by atoms with Gasteiger partial charge in [-0.1, -0.05) is 6.92 Å². The molecule has 1 aliphatic heterocycles. The van der Waals surface area contributed by atoms with Gasteiger partial charge in [0.1, 0.15) is 11.5 Å². The predicted octanol–water partition coefficient (Wildman–Crippen LogP) is 1.57. The summed E-state index contributed by atoms with van der Waals surface area (Å²) in [5, 5.41) is 7.10. The standard InChI is InChI=1S/C14H19FN6/c1-14(9-16)4-6-21(7-5-14)13-18-12(19-20-13)11-3-2-10(15)8-17-11/h2-3,8H,4-7,9,16H2,1H3,(H,18,19,20). The smallest absolute Gasteiger partial charge is 0.245 e. The summed E-state index contributed by atoms with van der Waals surface area (Å²) in [6.45, 7) is 4.71. The molecular weight excluding hydrogens is 271 g/mol. The van der Waals surface area contributed by atoms with Crippen LogP contribution in [0.2, 0.25) is 0 Å². The average Bonchev–Trinajstić information content (AvgIpc) is 2.98. The molecule has 3 heterocycles. The van der Waals surface area contributed by atoms with E-state index in [2.05, 4.69) is 32.0 Å². The van der Waals surface area contributed by atoms with E-state index in [9.17, 15) is 4.39 Å². The lowest BCUT2D eigenvalue weighted by Crippen LogP contribution is -2.42. The Morgan fingerprint density at radius 3 is 2.76 bits per heavy atom. The molecule has 1 aliphatic rings. The molecular formula is C14H19FN6. The Morgan fingerprint density at radius 2 is 2.14 bits per heavy atom. The van der Waals surface area contributed by atoms with E-state index in [4.69, 9.17) is 5.73 Å². The SMILES string of the molecule is CC1(CN)CCN(c2n[nH]c(-c3ccc(F)cn3)n2)CC1. The maximum absolute atomic E-state index is 12.9. The second-order valence-corrected chi connectivity index (χ2v) is 5.85. The van der Waals surface area contributed by atoms with Crippen molar-refractivity contribution in [3.63, 3.8) is 0 Å². The van der Waals surface area contributed by atoms with Crippen LogP contribution < -0.4 is 10.6 Å². The lowest BCUT2D eigenvalue weighted by Gasteiger charge is -2.38. The Hall–Kier alpha value is -2.02. The monoisotopic (exact) mass is 290 g/mol. The molecule has 0 atom stereocenters. The summed E-state index contributed by atoms with van der Waals surface area (Å²) in [7, 11) is 0. The van der Waals surface area contributed by atoms with Crippen LogP contribution in [0.1, 0.15) is 19.8 Å². The van der Waals surface area contributed by atoms with Crippen LogP contribution in [0.5, 0.6) is 0 Å². The van der Waals surface area contributed by atoms with Gasteiger partial charge < -0.3 is 10.6 Å². The van der Waals surface area contributed by atoms with Crippen LogP contribution in [0.4, 0.5) is 10.3 Å². The Balaban J connectivity index is 1.72. The third-order valence-corrected chi connectivity index (χ3v) is 4.19. The van der Waals surface area contributed by atoms with Crippen LogP contribution in [-0.2, 0) is 0 Å². The molecule has 21 heavy (non-hydrogen) atoms. The summed E-state index contributed by atoms with van der Waals surface area (Å²) in [4.78, 5) is 10.6. The van der Waals surface area contributed by atoms with E-state index < -0.39 is 0 Å². The van der Waals surface area contributed by atoms with Crippen molar-refractivity contribution in [1.29, 1.82) is 0 Å². The molecule has 0 saturated carbocycles. The highest BCUT2D eigenvalue weighted by atomic mass is 19.1. The maximum atomic E-state index is 12.9. The molecule has 7 heteroatoms. The lowest BCUT2D eigenvalue weighted by atomic mass is 9.81. The number of rotatable bonds is 3. The number of nitrogens with two attached hydrogens (primary N) is 1. The molecule has 2 aromatic rings. The van der Waals surface area contributed by atoms with Crippen molar-refractivity contribution in [1.82, 2.24) is 20.2 Å². The molecule has 0 spiro atoms. The third kappa shape index (κ3) is 2.87. The third-order valence-electron chi connectivity index (χ3n) is 4.19. The fraction of sp³-hybridized carbons (Fsp3) is 0.500. The largest absolute Gasteiger partial charge is 0.339 e. The van der Waals surface area contributed by atoms with Crippen LogP contribution in [-0.4, -0.2) is 39.8 Å². The van der Waals surface area contributed by atoms with Gasteiger partial charge in [-0.2, -0.15) is 4.98 Å². The number of aromatic amines is 1. The van der Waals surface area contributed by atoms with E-state index in [-0.39, 0.29) is 11.2 Å². The molecule has 3 N–H and O–H groups in total. The number of nitrogens with one attached hydrogen (secondary N) is 1. The summed E-state index contributed by atoms with van der Waals surface area (Å²) >= 11 is 0. The number of halogens is 1. The van der Waals surface area contributed by atoms with Crippen LogP contribution in [0, 0.1) is 11.2 Å². The Labute approximate surface area is 122 Å². The van der Waals surface area contributed by atoms with Gasteiger partial charge in [0.25, 0.3) is 0 Å². The van der Waals surface area contributed by atoms with Crippen LogP contribution in [0.15, 0.2) is 18.3 Å². The molecule has 1 fully saturated rings. The Morgan fingerprint density at radius 1 is 1.38 bits per heavy atom. The molecule has 2 aromatic heterocycles. The fourth-order valence-corrected chi connectivity index (χ4v) is 2.48. The van der Waals surface area contributed by atoms with Crippen LogP contribution >= 0.6 is 0 Å². The van der Waals surface area contributed by atoms with Gasteiger partial charge in [-0.15, -0.1) is 5.10 Å². The van der Waals surface area contributed by atoms with E-state index >= 15 is 0 Å². The zero-order chi connectivity index (χ0) is 14.9. The zero-order valence-electron chi connectivity index (χ0n) is 12.0. The number of H-pyrrole nitrogens is 1. The summed E-state index contributed by atoms with van der Waals surface area (Å²) in [6, 6.07) is 2.94. The van der Waals surface area contributed by atoms with Crippen molar-refractivity contribution in [2.45, 2.75) is 19.8 Å². The van der Waals surface area contributed by atoms with Gasteiger partial charge in [-0.3, -0.25) is 5.10 Å². The highest BCUT2D eigenvalue weighted by molar-refractivity contribution is 5.50. The number of aromatic nitrogens is 4. The molecule has 0 unspecified atom stereocenters. The number of anilines is 1. The van der Waals surface area contributed by atoms with Crippen LogP contribution in [0.3, 0.4) is 0 Å². The fourth-order valence-electron chi connectivity index (χ4n) is 2.48. The molecule has 6 nitrogen and oxygen atoms in total. The Bertz CT molecular complexity index is 600. The van der Waals surface area contributed by atoms with Gasteiger partial charge in [-0.25, -0.2) is 9.37 Å². The van der Waals surface area contributed by atoms with Gasteiger partial charge in [0.15, 0.2) is 5.82 Å². The number of hydrogen-bond donors (Lipinski definition) is 2. The van der Waals surface area contributed by atoms with E-state index in [1.165, 1.54) is 12.3 Å². The molecule has 0 aromatic carbocycles. The zero-order valence-corrected chi connectivity index (χ0v) is 12.0. The summed E-state index contributed by atoms with van der Waals surface area (Å²) in [5.41, 5.74) is 6.62. The molecule has 3 rings (SSSR count). The molecule has 0 aliphatic carbocycles. The van der Waals surface area contributed by atoms with Crippen molar-refractivity contribution >= 4 is 5.95 Å². The first-order valence-electron chi connectivity index (χ1n) is 7.09. The van der Waals surface area contributed by atoms with Gasteiger partial charge in [0.2, 0.25) is 5.95 Å². The van der Waals surface area contributed by atoms with Crippen molar-refractivity contribution in [3.05, 3.63) is 24.1 Å². The first kappa shape index (κ1) is 13.9. The highest BCUT2D eigenvalue weighted by Crippen LogP contribution is 2.31. The minimum atomic E-state index is -0.365. The van der Waals surface area contributed by atoms with Crippen molar-refractivity contribution in [2.24, 2.45) is 11.1 Å². The first-order valence-corrected chi connectivity index (χ1v) is 7.09. The van der Waals surface area contributed by atoms with Gasteiger partial charge in [0, 0.05) is 13.1 Å². The normalized spacial score (nSPS) is 18.0. The molecule has 0 bridgehead atoms. The summed E-state index contributed by atoms with van der Waals surface area (Å²) < 4.78 is 12.9. The minimum absolute atomic E-state index is 0.216. The van der Waals surface area contributed by atoms with E-state index in [0.29, 0.717) is 24.0 Å². The van der Waals surface area contributed by atoms with Crippen molar-refractivity contribution in [3.8, 4) is 11.5 Å². The topological polar surface area (TPSA) is 83.7 Å². The second kappa shape index (κ2) is 5.40. The van der Waals surface area contributed by atoms with Gasteiger partial charge in [0.05, 0.1) is 6.20 Å². The number of hydrogen-bond acceptors (Lipinski definition) is 5. The number of pyridine rings is 1. The summed E-state index contributed by atoms with van der Waals surface area (Å²) in [6.07, 6.45) is 3.23. The summed E-state index contributed by atoms with van der Waals surface area (Å²) in [5.74, 6) is 0.850. The average molecular weight is 290 g/mol. The van der Waals surface area contributed by atoms with Crippen LogP contribution in [0.25, 0.3) is 11.5 Å². The van der Waals surface area contributed by atoms with Gasteiger partial charge in [-0.05, 0) is 36.9 Å². The molecule has 0 amide bonds. The lowest BCUT2D eigenvalue weighted by molar-refractivity contribution is 0.257. The first-order chi connectivity index (χ1) is 10.1. The second-order valence-electron chi connectivity index (χ2n) is 5.85. The Kier molecular flexibility index (Phi) is 3.59. The van der Waals surface area contributed by atoms with Gasteiger partial charge >= 0.3 is 0 Å². The minimum Gasteiger partial charge on any atom is -0.339 e. The highest BCUT2D eigenvalue weighted by Gasteiger charge is 2.30. The van der Waals surface area contributed by atoms with Crippen molar-refractivity contribution < 1.29 is 4.39 Å². The number of piperidine rings is 1. The maximum Gasteiger partial charge on any atom is 0.245 e. The number of nitrogens with zero attached hydrogens (tertiary/aromatic N) is 4. The quantitative estimate of drug-likeness (QED) is 0.896. The van der Waals surface area contributed by atoms with E-state index in [1.54, 1.807) is 6.07 Å².